The van der Waals surface area contributed by atoms with Crippen LogP contribution < -0.4 is 9.46 Å². The number of nitrogens with zero attached hydrogens (tertiary/aromatic N) is 2. The van der Waals surface area contributed by atoms with Crippen LogP contribution in [0.3, 0.4) is 0 Å². The molecule has 3 aromatic rings. The Kier molecular flexibility index (Phi) is 6.11. The maximum atomic E-state index is 12.4. The second-order valence-corrected chi connectivity index (χ2v) is 8.28. The third-order valence-electron chi connectivity index (χ3n) is 4.16. The molecule has 0 unspecified atom stereocenters. The highest BCUT2D eigenvalue weighted by molar-refractivity contribution is 7.89. The summed E-state index contributed by atoms with van der Waals surface area (Å²) in [7, 11) is -3.69. The predicted octanol–water partition coefficient (Wildman–Crippen LogP) is 3.74. The lowest BCUT2D eigenvalue weighted by Gasteiger charge is -2.06. The van der Waals surface area contributed by atoms with Gasteiger partial charge in [0.15, 0.2) is 0 Å². The largest absolute Gasteiger partial charge is 0.494 e. The van der Waals surface area contributed by atoms with E-state index in [1.165, 1.54) is 17.7 Å². The van der Waals surface area contributed by atoms with E-state index in [0.717, 1.165) is 5.56 Å². The Bertz CT molecular complexity index is 1010. The molecule has 1 N–H and O–H groups in total. The molecule has 0 aliphatic rings. The molecule has 0 aliphatic heterocycles. The smallest absolute Gasteiger partial charge is 0.242 e. The monoisotopic (exact) mass is 401 g/mol. The van der Waals surface area contributed by atoms with Gasteiger partial charge >= 0.3 is 0 Å². The molecular weight excluding hydrogens is 378 g/mol. The zero-order valence-electron chi connectivity index (χ0n) is 16.0. The SMILES string of the molecule is CCOc1ccc(S(=O)(=O)NCc2nc(-c3ccc(C(C)C)cc3)no2)cc1. The molecule has 28 heavy (non-hydrogen) atoms. The number of aromatic nitrogens is 2. The lowest BCUT2D eigenvalue weighted by atomic mass is 10.0. The van der Waals surface area contributed by atoms with Crippen LogP contribution >= 0.6 is 0 Å². The number of ether oxygens (including phenoxy) is 1. The number of hydrogen-bond donors (Lipinski definition) is 1. The molecule has 8 heteroatoms. The molecule has 148 valence electrons. The second-order valence-electron chi connectivity index (χ2n) is 6.52. The Morgan fingerprint density at radius 3 is 2.36 bits per heavy atom. The van der Waals surface area contributed by atoms with Crippen LogP contribution in [0.15, 0.2) is 57.9 Å². The van der Waals surface area contributed by atoms with E-state index in [-0.39, 0.29) is 17.3 Å². The van der Waals surface area contributed by atoms with Crippen molar-refractivity contribution in [3.8, 4) is 17.1 Å². The van der Waals surface area contributed by atoms with Crippen LogP contribution in [-0.2, 0) is 16.6 Å². The van der Waals surface area contributed by atoms with E-state index in [4.69, 9.17) is 9.26 Å². The fourth-order valence-corrected chi connectivity index (χ4v) is 3.56. The van der Waals surface area contributed by atoms with Crippen LogP contribution in [0.5, 0.6) is 5.75 Å². The van der Waals surface area contributed by atoms with E-state index in [2.05, 4.69) is 28.7 Å². The van der Waals surface area contributed by atoms with E-state index in [1.54, 1.807) is 12.1 Å². The predicted molar refractivity (Wildman–Crippen MR) is 105 cm³/mol. The minimum atomic E-state index is -3.69. The van der Waals surface area contributed by atoms with Crippen molar-refractivity contribution in [3.05, 3.63) is 60.0 Å². The molecule has 7 nitrogen and oxygen atoms in total. The number of hydrogen-bond acceptors (Lipinski definition) is 6. The summed E-state index contributed by atoms with van der Waals surface area (Å²) in [6.07, 6.45) is 0. The third-order valence-corrected chi connectivity index (χ3v) is 5.58. The molecule has 0 saturated carbocycles. The number of benzene rings is 2. The lowest BCUT2D eigenvalue weighted by molar-refractivity contribution is 0.340. The topological polar surface area (TPSA) is 94.3 Å². The number of rotatable bonds is 8. The van der Waals surface area contributed by atoms with Gasteiger partial charge in [0.1, 0.15) is 5.75 Å². The molecule has 0 radical (unpaired) electrons. The Labute approximate surface area is 164 Å². The van der Waals surface area contributed by atoms with Crippen molar-refractivity contribution >= 4 is 10.0 Å². The number of sulfonamides is 1. The lowest BCUT2D eigenvalue weighted by Crippen LogP contribution is -2.23. The summed E-state index contributed by atoms with van der Waals surface area (Å²) in [6, 6.07) is 14.1. The Balaban J connectivity index is 1.66. The maximum absolute atomic E-state index is 12.4. The van der Waals surface area contributed by atoms with Gasteiger partial charge in [0.2, 0.25) is 21.7 Å². The zero-order chi connectivity index (χ0) is 20.1. The van der Waals surface area contributed by atoms with Crippen LogP contribution in [0.1, 0.15) is 38.1 Å². The van der Waals surface area contributed by atoms with Gasteiger partial charge in [-0.15, -0.1) is 0 Å². The molecule has 0 bridgehead atoms. The average Bonchev–Trinajstić information content (AvgIpc) is 3.16. The fourth-order valence-electron chi connectivity index (χ4n) is 2.58. The van der Waals surface area contributed by atoms with Gasteiger partial charge in [-0.1, -0.05) is 43.3 Å². The highest BCUT2D eigenvalue weighted by Gasteiger charge is 2.16. The third kappa shape index (κ3) is 4.76. The molecule has 1 aromatic heterocycles. The highest BCUT2D eigenvalue weighted by Crippen LogP contribution is 2.21. The summed E-state index contributed by atoms with van der Waals surface area (Å²) >= 11 is 0. The summed E-state index contributed by atoms with van der Waals surface area (Å²) in [5.74, 6) is 1.67. The van der Waals surface area contributed by atoms with Crippen molar-refractivity contribution in [2.75, 3.05) is 6.61 Å². The van der Waals surface area contributed by atoms with Crippen molar-refractivity contribution in [1.82, 2.24) is 14.9 Å². The van der Waals surface area contributed by atoms with Gasteiger partial charge in [0.05, 0.1) is 18.0 Å². The minimum Gasteiger partial charge on any atom is -0.494 e. The van der Waals surface area contributed by atoms with Gasteiger partial charge in [-0.05, 0) is 42.7 Å². The van der Waals surface area contributed by atoms with Crippen molar-refractivity contribution in [3.63, 3.8) is 0 Å². The zero-order valence-corrected chi connectivity index (χ0v) is 16.9. The molecule has 1 heterocycles. The molecule has 0 fully saturated rings. The van der Waals surface area contributed by atoms with Gasteiger partial charge in [0.25, 0.3) is 0 Å². The van der Waals surface area contributed by atoms with Crippen LogP contribution in [0.4, 0.5) is 0 Å². The van der Waals surface area contributed by atoms with Crippen LogP contribution in [0.25, 0.3) is 11.4 Å². The van der Waals surface area contributed by atoms with E-state index in [1.807, 2.05) is 31.2 Å². The molecule has 0 spiro atoms. The van der Waals surface area contributed by atoms with Gasteiger partial charge in [-0.2, -0.15) is 4.98 Å². The van der Waals surface area contributed by atoms with Crippen molar-refractivity contribution < 1.29 is 17.7 Å². The highest BCUT2D eigenvalue weighted by atomic mass is 32.2. The summed E-state index contributed by atoms with van der Waals surface area (Å²) < 4.78 is 37.8. The molecule has 2 aromatic carbocycles. The van der Waals surface area contributed by atoms with Gasteiger partial charge < -0.3 is 9.26 Å². The number of nitrogens with one attached hydrogen (secondary N) is 1. The Hall–Kier alpha value is -2.71. The first kappa shape index (κ1) is 20.0. The van der Waals surface area contributed by atoms with Crippen molar-refractivity contribution in [2.24, 2.45) is 0 Å². The van der Waals surface area contributed by atoms with Gasteiger partial charge in [-0.3, -0.25) is 0 Å². The Morgan fingerprint density at radius 1 is 1.07 bits per heavy atom. The quantitative estimate of drug-likeness (QED) is 0.618. The van der Waals surface area contributed by atoms with Gasteiger partial charge in [0, 0.05) is 5.56 Å². The molecule has 3 rings (SSSR count). The maximum Gasteiger partial charge on any atom is 0.242 e. The summed E-state index contributed by atoms with van der Waals surface area (Å²) in [5.41, 5.74) is 2.03. The van der Waals surface area contributed by atoms with E-state index in [9.17, 15) is 8.42 Å². The van der Waals surface area contributed by atoms with Crippen LogP contribution in [0, 0.1) is 0 Å². The van der Waals surface area contributed by atoms with Crippen molar-refractivity contribution in [2.45, 2.75) is 38.1 Å². The van der Waals surface area contributed by atoms with Crippen LogP contribution in [0.2, 0.25) is 0 Å². The second kappa shape index (κ2) is 8.53. The van der Waals surface area contributed by atoms with Crippen LogP contribution in [-0.4, -0.2) is 25.2 Å². The fraction of sp³-hybridized carbons (Fsp3) is 0.300. The van der Waals surface area contributed by atoms with E-state index in [0.29, 0.717) is 24.1 Å². The Morgan fingerprint density at radius 2 is 1.75 bits per heavy atom. The molecule has 0 aliphatic carbocycles. The summed E-state index contributed by atoms with van der Waals surface area (Å²) in [6.45, 7) is 6.54. The van der Waals surface area contributed by atoms with E-state index >= 15 is 0 Å². The first-order valence-electron chi connectivity index (χ1n) is 9.04. The molecule has 0 saturated heterocycles. The summed E-state index contributed by atoms with van der Waals surface area (Å²) in [5, 5.41) is 3.93. The van der Waals surface area contributed by atoms with Crippen molar-refractivity contribution in [1.29, 1.82) is 0 Å². The summed E-state index contributed by atoms with van der Waals surface area (Å²) in [4.78, 5) is 4.40. The normalized spacial score (nSPS) is 11.7. The first-order chi connectivity index (χ1) is 13.4. The standard InChI is InChI=1S/C20H23N3O4S/c1-4-26-17-9-11-18(12-10-17)28(24,25)21-13-19-22-20(23-27-19)16-7-5-15(6-8-16)14(2)3/h5-12,14,21H,4,13H2,1-3H3. The van der Waals surface area contributed by atoms with E-state index < -0.39 is 10.0 Å². The first-order valence-corrected chi connectivity index (χ1v) is 10.5. The minimum absolute atomic E-state index is 0.0907. The molecular formula is C20H23N3O4S. The molecule has 0 atom stereocenters. The molecule has 0 amide bonds. The average molecular weight is 401 g/mol. The van der Waals surface area contributed by atoms with Gasteiger partial charge in [-0.25, -0.2) is 13.1 Å².